The Morgan fingerprint density at radius 2 is 1.61 bits per heavy atom. The van der Waals surface area contributed by atoms with E-state index in [9.17, 15) is 31.9 Å². The van der Waals surface area contributed by atoms with Crippen molar-refractivity contribution < 1.29 is 36.6 Å². The van der Waals surface area contributed by atoms with E-state index in [0.29, 0.717) is 48.8 Å². The minimum absolute atomic E-state index is 0.0415. The van der Waals surface area contributed by atoms with E-state index in [4.69, 9.17) is 10.5 Å². The monoisotopic (exact) mass is 667 g/mol. The average molecular weight is 668 g/mol. The van der Waals surface area contributed by atoms with Crippen LogP contribution in [0, 0.1) is 11.6 Å². The van der Waals surface area contributed by atoms with Gasteiger partial charge in [0.15, 0.2) is 9.84 Å². The quantitative estimate of drug-likeness (QED) is 0.193. The van der Waals surface area contributed by atoms with Crippen molar-refractivity contribution in [2.45, 2.75) is 116 Å². The third-order valence-corrected chi connectivity index (χ3v) is 9.92. The predicted octanol–water partition coefficient (Wildman–Crippen LogP) is 6.24. The summed E-state index contributed by atoms with van der Waals surface area (Å²) in [6.07, 6.45) is 2.46. The van der Waals surface area contributed by atoms with E-state index < -0.39 is 62.2 Å². The SMILES string of the molecule is CCCC(CCC)S(=O)(=O)C[C@H](N)C(=O)N[C@@H](C)CCN(Cc1ccc(-c2cc(F)cc(F)c2)c(CC)c1O)C(=O)OC(C)(C)C. The highest BCUT2D eigenvalue weighted by Gasteiger charge is 2.30. The summed E-state index contributed by atoms with van der Waals surface area (Å²) < 4.78 is 59.3. The Labute approximate surface area is 272 Å². The van der Waals surface area contributed by atoms with Gasteiger partial charge in [-0.05, 0) is 76.6 Å². The van der Waals surface area contributed by atoms with E-state index in [1.54, 1.807) is 46.8 Å². The molecule has 9 nitrogen and oxygen atoms in total. The number of hydrogen-bond acceptors (Lipinski definition) is 7. The lowest BCUT2D eigenvalue weighted by atomic mass is 9.94. The van der Waals surface area contributed by atoms with E-state index in [-0.39, 0.29) is 30.8 Å². The first-order valence-corrected chi connectivity index (χ1v) is 17.7. The van der Waals surface area contributed by atoms with Crippen LogP contribution in [0.2, 0.25) is 0 Å². The molecule has 0 heterocycles. The number of benzene rings is 2. The molecule has 0 unspecified atom stereocenters. The molecule has 2 atom stereocenters. The van der Waals surface area contributed by atoms with Gasteiger partial charge in [-0.15, -0.1) is 0 Å². The van der Waals surface area contributed by atoms with Crippen LogP contribution in [0.25, 0.3) is 11.1 Å². The summed E-state index contributed by atoms with van der Waals surface area (Å²) in [4.78, 5) is 27.5. The number of amides is 2. The largest absolute Gasteiger partial charge is 0.507 e. The summed E-state index contributed by atoms with van der Waals surface area (Å²) in [7, 11) is -3.57. The molecule has 4 N–H and O–H groups in total. The van der Waals surface area contributed by atoms with Crippen LogP contribution in [0.4, 0.5) is 13.6 Å². The van der Waals surface area contributed by atoms with Crippen molar-refractivity contribution in [3.05, 3.63) is 53.1 Å². The third-order valence-electron chi connectivity index (χ3n) is 7.60. The van der Waals surface area contributed by atoms with Gasteiger partial charge in [0.1, 0.15) is 23.0 Å². The minimum Gasteiger partial charge on any atom is -0.507 e. The molecule has 0 spiro atoms. The minimum atomic E-state index is -3.57. The van der Waals surface area contributed by atoms with Gasteiger partial charge in [-0.25, -0.2) is 22.0 Å². The number of ether oxygens (including phenoxy) is 1. The van der Waals surface area contributed by atoms with Gasteiger partial charge in [-0.2, -0.15) is 0 Å². The number of nitrogens with one attached hydrogen (secondary N) is 1. The lowest BCUT2D eigenvalue weighted by Gasteiger charge is -2.29. The number of nitrogens with two attached hydrogens (primary N) is 1. The second-order valence-electron chi connectivity index (χ2n) is 12.8. The van der Waals surface area contributed by atoms with Crippen LogP contribution in [-0.2, 0) is 32.3 Å². The van der Waals surface area contributed by atoms with Crippen molar-refractivity contribution in [2.24, 2.45) is 5.73 Å². The molecule has 0 saturated carbocycles. The molecule has 0 radical (unpaired) electrons. The predicted molar refractivity (Wildman–Crippen MR) is 177 cm³/mol. The van der Waals surface area contributed by atoms with E-state index in [2.05, 4.69) is 5.32 Å². The molecule has 2 aromatic rings. The molecule has 2 amide bonds. The number of hydrogen-bond donors (Lipinski definition) is 3. The Morgan fingerprint density at radius 3 is 2.13 bits per heavy atom. The Balaban J connectivity index is 2.22. The van der Waals surface area contributed by atoms with Gasteiger partial charge >= 0.3 is 6.09 Å². The zero-order chi connectivity index (χ0) is 34.8. The normalized spacial score (nSPS) is 13.4. The summed E-state index contributed by atoms with van der Waals surface area (Å²) in [5.41, 5.74) is 6.85. The second-order valence-corrected chi connectivity index (χ2v) is 15.2. The number of rotatable bonds is 16. The maximum Gasteiger partial charge on any atom is 0.410 e. The van der Waals surface area contributed by atoms with Crippen LogP contribution < -0.4 is 11.1 Å². The summed E-state index contributed by atoms with van der Waals surface area (Å²) in [5, 5.41) is 13.4. The van der Waals surface area contributed by atoms with E-state index in [0.717, 1.165) is 6.07 Å². The number of carbonyl (C=O) groups excluding carboxylic acids is 2. The summed E-state index contributed by atoms with van der Waals surface area (Å²) in [6.45, 7) is 12.6. The lowest BCUT2D eigenvalue weighted by molar-refractivity contribution is -0.122. The van der Waals surface area contributed by atoms with Gasteiger partial charge in [0.25, 0.3) is 0 Å². The fourth-order valence-corrected chi connectivity index (χ4v) is 7.41. The van der Waals surface area contributed by atoms with Crippen molar-refractivity contribution in [3.63, 3.8) is 0 Å². The molecule has 2 aromatic carbocycles. The van der Waals surface area contributed by atoms with Crippen LogP contribution in [0.1, 0.15) is 91.7 Å². The van der Waals surface area contributed by atoms with Crippen molar-refractivity contribution >= 4 is 21.8 Å². The van der Waals surface area contributed by atoms with Crippen molar-refractivity contribution in [1.82, 2.24) is 10.2 Å². The highest BCUT2D eigenvalue weighted by molar-refractivity contribution is 7.92. The molecule has 0 aliphatic carbocycles. The van der Waals surface area contributed by atoms with Gasteiger partial charge in [-0.3, -0.25) is 4.79 Å². The van der Waals surface area contributed by atoms with E-state index in [1.165, 1.54) is 17.0 Å². The van der Waals surface area contributed by atoms with Crippen LogP contribution in [-0.4, -0.2) is 65.7 Å². The molecule has 12 heteroatoms. The number of aromatic hydroxyl groups is 1. The van der Waals surface area contributed by atoms with Gasteiger partial charge in [0.05, 0.1) is 23.6 Å². The van der Waals surface area contributed by atoms with Gasteiger partial charge in [0.2, 0.25) is 5.91 Å². The first kappa shape index (κ1) is 38.9. The van der Waals surface area contributed by atoms with Crippen LogP contribution in [0.15, 0.2) is 30.3 Å². The Kier molecular flexibility index (Phi) is 14.4. The Bertz CT molecular complexity index is 1420. The summed E-state index contributed by atoms with van der Waals surface area (Å²) in [5.74, 6) is -2.62. The summed E-state index contributed by atoms with van der Waals surface area (Å²) in [6, 6.07) is 4.69. The van der Waals surface area contributed by atoms with Crippen molar-refractivity contribution in [2.75, 3.05) is 12.3 Å². The fraction of sp³-hybridized carbons (Fsp3) is 0.588. The number of halogens is 2. The first-order chi connectivity index (χ1) is 21.4. The maximum absolute atomic E-state index is 13.9. The highest BCUT2D eigenvalue weighted by Crippen LogP contribution is 2.35. The Hall–Kier alpha value is -3.25. The highest BCUT2D eigenvalue weighted by atomic mass is 32.2. The zero-order valence-electron chi connectivity index (χ0n) is 28.2. The zero-order valence-corrected chi connectivity index (χ0v) is 29.0. The molecule has 0 aliphatic heterocycles. The summed E-state index contributed by atoms with van der Waals surface area (Å²) >= 11 is 0. The first-order valence-electron chi connectivity index (χ1n) is 16.0. The van der Waals surface area contributed by atoms with Crippen LogP contribution in [0.3, 0.4) is 0 Å². The molecule has 2 rings (SSSR count). The lowest BCUT2D eigenvalue weighted by Crippen LogP contribution is -2.49. The number of nitrogens with zero attached hydrogens (tertiary/aromatic N) is 1. The van der Waals surface area contributed by atoms with Crippen LogP contribution >= 0.6 is 0 Å². The molecule has 258 valence electrons. The topological polar surface area (TPSA) is 139 Å². The maximum atomic E-state index is 13.9. The molecular formula is C34H51F2N3O6S. The Morgan fingerprint density at radius 1 is 1.02 bits per heavy atom. The molecule has 0 fully saturated rings. The molecule has 0 aliphatic rings. The van der Waals surface area contributed by atoms with Gasteiger partial charge < -0.3 is 25.8 Å². The fourth-order valence-electron chi connectivity index (χ4n) is 5.30. The van der Waals surface area contributed by atoms with E-state index in [1.807, 2.05) is 13.8 Å². The average Bonchev–Trinajstić information content (AvgIpc) is 2.93. The molecule has 0 aromatic heterocycles. The third kappa shape index (κ3) is 11.5. The molecular weight excluding hydrogens is 616 g/mol. The van der Waals surface area contributed by atoms with Crippen molar-refractivity contribution in [1.29, 1.82) is 0 Å². The van der Waals surface area contributed by atoms with E-state index >= 15 is 0 Å². The number of phenols is 1. The molecule has 46 heavy (non-hydrogen) atoms. The number of phenolic OH excluding ortho intramolecular Hbond substituents is 1. The van der Waals surface area contributed by atoms with Crippen molar-refractivity contribution in [3.8, 4) is 16.9 Å². The second kappa shape index (κ2) is 17.1. The van der Waals surface area contributed by atoms with Gasteiger partial charge in [0, 0.05) is 29.8 Å². The smallest absolute Gasteiger partial charge is 0.410 e. The standard InChI is InChI=1S/C34H51F2N3O6S/c1-8-11-27(12-9-2)46(43,44)21-30(37)32(41)38-22(4)15-16-39(33(42)45-34(5,6)7)20-23-13-14-29(28(10-3)31(23)40)24-17-25(35)19-26(36)18-24/h13-14,17-19,22,27,30,40H,8-12,15-16,20-21,37H2,1-7H3,(H,38,41)/t22-,30-/m0/s1. The van der Waals surface area contributed by atoms with Crippen LogP contribution in [0.5, 0.6) is 5.75 Å². The molecule has 0 bridgehead atoms. The number of carbonyl (C=O) groups is 2. The molecule has 0 saturated heterocycles. The van der Waals surface area contributed by atoms with Gasteiger partial charge in [-0.1, -0.05) is 45.7 Å². The number of sulfone groups is 1.